The summed E-state index contributed by atoms with van der Waals surface area (Å²) in [4.78, 5) is 10.4. The predicted molar refractivity (Wildman–Crippen MR) is 66.4 cm³/mol. The highest BCUT2D eigenvalue weighted by molar-refractivity contribution is 5.87. The minimum Gasteiger partial charge on any atom is -0.472 e. The van der Waals surface area contributed by atoms with Gasteiger partial charge in [-0.3, -0.25) is 0 Å². The number of aliphatic carboxylic acids is 1. The van der Waals surface area contributed by atoms with Crippen LogP contribution < -0.4 is 0 Å². The molecule has 0 saturated heterocycles. The molecule has 0 aliphatic rings. The van der Waals surface area contributed by atoms with Crippen molar-refractivity contribution in [1.29, 1.82) is 0 Å². The maximum Gasteiger partial charge on any atom is 0.382 e. The van der Waals surface area contributed by atoms with Crippen LogP contribution in [-0.2, 0) is 4.79 Å². The summed E-state index contributed by atoms with van der Waals surface area (Å²) in [6.45, 7) is 0. The maximum atomic E-state index is 10.4. The Morgan fingerprint density at radius 1 is 0.941 bits per heavy atom. The Bertz CT molecular complexity index is 589. The average molecular weight is 222 g/mol. The van der Waals surface area contributed by atoms with Crippen LogP contribution in [0.25, 0.3) is 11.1 Å². The molecule has 0 heterocycles. The molecule has 2 rings (SSSR count). The number of hydrogen-bond acceptors (Lipinski definition) is 1. The molecule has 0 spiro atoms. The highest BCUT2D eigenvalue weighted by Crippen LogP contribution is 2.19. The number of rotatable bonds is 1. The molecule has 2 aromatic rings. The van der Waals surface area contributed by atoms with E-state index in [-0.39, 0.29) is 0 Å². The molecule has 17 heavy (non-hydrogen) atoms. The predicted octanol–water partition coefficient (Wildman–Crippen LogP) is 2.79. The van der Waals surface area contributed by atoms with E-state index < -0.39 is 5.97 Å². The normalized spacial score (nSPS) is 9.18. The largest absolute Gasteiger partial charge is 0.472 e. The highest BCUT2D eigenvalue weighted by atomic mass is 16.4. The number of hydrogen-bond donors (Lipinski definition) is 1. The van der Waals surface area contributed by atoms with Gasteiger partial charge in [-0.25, -0.2) is 4.79 Å². The number of carbonyl (C=O) groups is 1. The second kappa shape index (κ2) is 5.00. The van der Waals surface area contributed by atoms with Crippen molar-refractivity contribution in [3.05, 3.63) is 60.2 Å². The molecule has 2 aromatic carbocycles. The summed E-state index contributed by atoms with van der Waals surface area (Å²) in [5.74, 6) is 3.60. The van der Waals surface area contributed by atoms with Crippen molar-refractivity contribution in [3.63, 3.8) is 0 Å². The van der Waals surface area contributed by atoms with E-state index in [0.29, 0.717) is 5.56 Å². The van der Waals surface area contributed by atoms with Gasteiger partial charge in [-0.15, -0.1) is 0 Å². The van der Waals surface area contributed by atoms with Gasteiger partial charge in [-0.05, 0) is 23.3 Å². The maximum absolute atomic E-state index is 10.4. The first-order valence-corrected chi connectivity index (χ1v) is 5.16. The lowest BCUT2D eigenvalue weighted by Crippen LogP contribution is -1.87. The first kappa shape index (κ1) is 11.0. The zero-order valence-electron chi connectivity index (χ0n) is 9.05. The van der Waals surface area contributed by atoms with Crippen molar-refractivity contribution in [2.45, 2.75) is 0 Å². The SMILES string of the molecule is O=C(O)C#Cc1cccc(-c2ccccc2)c1. The molecular weight excluding hydrogens is 212 g/mol. The van der Waals surface area contributed by atoms with Gasteiger partial charge in [0.2, 0.25) is 0 Å². The Kier molecular flexibility index (Phi) is 3.23. The van der Waals surface area contributed by atoms with Gasteiger partial charge in [0.05, 0.1) is 0 Å². The van der Waals surface area contributed by atoms with Gasteiger partial charge in [-0.2, -0.15) is 0 Å². The topological polar surface area (TPSA) is 37.3 Å². The van der Waals surface area contributed by atoms with Gasteiger partial charge in [0.15, 0.2) is 0 Å². The van der Waals surface area contributed by atoms with Gasteiger partial charge in [-0.1, -0.05) is 48.4 Å². The van der Waals surface area contributed by atoms with E-state index in [0.717, 1.165) is 11.1 Å². The van der Waals surface area contributed by atoms with Gasteiger partial charge in [0.25, 0.3) is 0 Å². The first-order valence-electron chi connectivity index (χ1n) is 5.16. The average Bonchev–Trinajstić information content (AvgIpc) is 2.38. The van der Waals surface area contributed by atoms with Gasteiger partial charge >= 0.3 is 5.97 Å². The minimum atomic E-state index is -1.12. The molecule has 0 aromatic heterocycles. The van der Waals surface area contributed by atoms with E-state index in [2.05, 4.69) is 11.8 Å². The molecule has 0 fully saturated rings. The van der Waals surface area contributed by atoms with Crippen LogP contribution in [0.15, 0.2) is 54.6 Å². The minimum absolute atomic E-state index is 0.703. The zero-order chi connectivity index (χ0) is 12.1. The molecule has 0 saturated carbocycles. The second-order valence-corrected chi connectivity index (χ2v) is 3.50. The molecule has 2 heteroatoms. The summed E-state index contributed by atoms with van der Waals surface area (Å²) in [6.07, 6.45) is 0. The van der Waals surface area contributed by atoms with Gasteiger partial charge in [0, 0.05) is 11.5 Å². The van der Waals surface area contributed by atoms with E-state index >= 15 is 0 Å². The van der Waals surface area contributed by atoms with Crippen LogP contribution in [0.4, 0.5) is 0 Å². The van der Waals surface area contributed by atoms with Crippen molar-refractivity contribution in [3.8, 4) is 23.0 Å². The monoisotopic (exact) mass is 222 g/mol. The standard InChI is InChI=1S/C15H10O2/c16-15(17)10-9-12-5-4-8-14(11-12)13-6-2-1-3-7-13/h1-8,11H,(H,16,17). The molecule has 0 bridgehead atoms. The lowest BCUT2D eigenvalue weighted by Gasteiger charge is -2.01. The molecule has 82 valence electrons. The fourth-order valence-electron chi connectivity index (χ4n) is 1.53. The van der Waals surface area contributed by atoms with Crippen LogP contribution >= 0.6 is 0 Å². The molecule has 1 N–H and O–H groups in total. The molecule has 0 aliphatic carbocycles. The third-order valence-corrected chi connectivity index (χ3v) is 2.28. The summed E-state index contributed by atoms with van der Waals surface area (Å²) < 4.78 is 0. The molecule has 0 radical (unpaired) electrons. The van der Waals surface area contributed by atoms with Crippen molar-refractivity contribution >= 4 is 5.97 Å². The number of carboxylic acid groups (broad SMARTS) is 1. The summed E-state index contributed by atoms with van der Waals surface area (Å²) in [5.41, 5.74) is 2.82. The first-order chi connectivity index (χ1) is 8.25. The molecule has 0 aliphatic heterocycles. The molecule has 2 nitrogen and oxygen atoms in total. The fraction of sp³-hybridized carbons (Fsp3) is 0. The zero-order valence-corrected chi connectivity index (χ0v) is 9.05. The lowest BCUT2D eigenvalue weighted by molar-refractivity contribution is -0.130. The van der Waals surface area contributed by atoms with Crippen LogP contribution in [-0.4, -0.2) is 11.1 Å². The second-order valence-electron chi connectivity index (χ2n) is 3.50. The Labute approximate surface area is 99.5 Å². The highest BCUT2D eigenvalue weighted by Gasteiger charge is 1.96. The summed E-state index contributed by atoms with van der Waals surface area (Å²) in [5, 5.41) is 8.49. The van der Waals surface area contributed by atoms with Crippen LogP contribution in [0.1, 0.15) is 5.56 Å². The summed E-state index contributed by atoms with van der Waals surface area (Å²) in [7, 11) is 0. The van der Waals surface area contributed by atoms with Crippen molar-refractivity contribution in [2.75, 3.05) is 0 Å². The third-order valence-electron chi connectivity index (χ3n) is 2.28. The van der Waals surface area contributed by atoms with Crippen LogP contribution in [0.5, 0.6) is 0 Å². The van der Waals surface area contributed by atoms with Gasteiger partial charge in [0.1, 0.15) is 0 Å². The van der Waals surface area contributed by atoms with E-state index in [1.165, 1.54) is 0 Å². The number of carboxylic acids is 1. The van der Waals surface area contributed by atoms with Crippen LogP contribution in [0, 0.1) is 11.8 Å². The molecule has 0 amide bonds. The van der Waals surface area contributed by atoms with E-state index in [1.807, 2.05) is 48.5 Å². The van der Waals surface area contributed by atoms with E-state index in [4.69, 9.17) is 5.11 Å². The quantitative estimate of drug-likeness (QED) is 0.753. The van der Waals surface area contributed by atoms with E-state index in [1.54, 1.807) is 6.07 Å². The van der Waals surface area contributed by atoms with Crippen LogP contribution in [0.2, 0.25) is 0 Å². The van der Waals surface area contributed by atoms with Crippen LogP contribution in [0.3, 0.4) is 0 Å². The Balaban J connectivity index is 2.37. The molecule has 0 unspecified atom stereocenters. The van der Waals surface area contributed by atoms with Crippen molar-refractivity contribution in [1.82, 2.24) is 0 Å². The molecular formula is C15H10O2. The Morgan fingerprint density at radius 2 is 1.65 bits per heavy atom. The summed E-state index contributed by atoms with van der Waals surface area (Å²) >= 11 is 0. The molecule has 0 atom stereocenters. The third kappa shape index (κ3) is 2.96. The smallest absolute Gasteiger partial charge is 0.382 e. The van der Waals surface area contributed by atoms with Crippen molar-refractivity contribution in [2.24, 2.45) is 0 Å². The fourth-order valence-corrected chi connectivity index (χ4v) is 1.53. The Hall–Kier alpha value is -2.53. The van der Waals surface area contributed by atoms with Crippen molar-refractivity contribution < 1.29 is 9.90 Å². The lowest BCUT2D eigenvalue weighted by atomic mass is 10.0. The summed E-state index contributed by atoms with van der Waals surface area (Å²) in [6, 6.07) is 17.4. The number of benzene rings is 2. The van der Waals surface area contributed by atoms with Gasteiger partial charge < -0.3 is 5.11 Å². The Morgan fingerprint density at radius 3 is 2.35 bits per heavy atom. The van der Waals surface area contributed by atoms with E-state index in [9.17, 15) is 4.79 Å².